The van der Waals surface area contributed by atoms with Crippen LogP contribution in [0.15, 0.2) is 60.7 Å². The molecule has 0 fully saturated rings. The molecule has 186 valence electrons. The van der Waals surface area contributed by atoms with Crippen LogP contribution in [-0.2, 0) is 9.36 Å². The molecule has 0 aromatic heterocycles. The van der Waals surface area contributed by atoms with Crippen LogP contribution in [0.3, 0.4) is 0 Å². The van der Waals surface area contributed by atoms with Gasteiger partial charge in [0.2, 0.25) is 18.2 Å². The molecule has 0 aliphatic rings. The van der Waals surface area contributed by atoms with E-state index in [-0.39, 0.29) is 27.8 Å². The highest BCUT2D eigenvalue weighted by molar-refractivity contribution is 8.01. The number of hydrogen-bond acceptors (Lipinski definition) is 5. The van der Waals surface area contributed by atoms with Crippen LogP contribution in [0.4, 0.5) is 0 Å². The van der Waals surface area contributed by atoms with Gasteiger partial charge in [0.15, 0.2) is 0 Å². The minimum absolute atomic E-state index is 0.0169. The highest BCUT2D eigenvalue weighted by Gasteiger charge is 2.45. The molecule has 0 saturated carbocycles. The van der Waals surface area contributed by atoms with Crippen LogP contribution in [0, 0.1) is 41.5 Å². The van der Waals surface area contributed by atoms with Crippen molar-refractivity contribution in [3.05, 3.63) is 105 Å². The zero-order valence-corrected chi connectivity index (χ0v) is 22.7. The Labute approximate surface area is 212 Å². The molecule has 6 heteroatoms. The Morgan fingerprint density at radius 1 is 0.722 bits per heavy atom. The van der Waals surface area contributed by atoms with Crippen LogP contribution in [0.25, 0.3) is 0 Å². The van der Waals surface area contributed by atoms with Crippen LogP contribution in [-0.4, -0.2) is 17.0 Å². The van der Waals surface area contributed by atoms with Crippen LogP contribution in [0.5, 0.6) is 5.75 Å². The van der Waals surface area contributed by atoms with Crippen molar-refractivity contribution in [2.75, 3.05) is 0 Å². The third-order valence-electron chi connectivity index (χ3n) is 6.09. The maximum Gasteiger partial charge on any atom is 0.338 e. The quantitative estimate of drug-likeness (QED) is 0.156. The normalized spacial score (nSPS) is 11.2. The molecule has 3 aromatic rings. The maximum absolute atomic E-state index is 14.9. The van der Waals surface area contributed by atoms with Gasteiger partial charge in [-0.2, -0.15) is 0 Å². The molecule has 0 saturated heterocycles. The van der Waals surface area contributed by atoms with E-state index >= 15 is 0 Å². The minimum atomic E-state index is -4.42. The largest absolute Gasteiger partial charge is 0.423 e. The zero-order valence-electron chi connectivity index (χ0n) is 21.8. The van der Waals surface area contributed by atoms with Gasteiger partial charge < -0.3 is 9.30 Å². The molecule has 0 N–H and O–H groups in total. The van der Waals surface area contributed by atoms with Gasteiger partial charge in [0.25, 0.3) is 0 Å². The van der Waals surface area contributed by atoms with Gasteiger partial charge in [-0.25, -0.2) is 4.79 Å². The molecule has 0 amide bonds. The lowest BCUT2D eigenvalue weighted by molar-refractivity contribution is -0.130. The fourth-order valence-electron chi connectivity index (χ4n) is 4.61. The van der Waals surface area contributed by atoms with Gasteiger partial charge in [0, 0.05) is 22.0 Å². The number of hydrogen-bond donors (Lipinski definition) is 0. The summed E-state index contributed by atoms with van der Waals surface area (Å²) >= 11 is 0. The SMILES string of the molecule is C=C(C)C(=O)Oc1cccc(P(=O)(C(=O)c2c(C)cc(C)cc2C)C(=O)c2c(C)cc(C)cc2C)c1. The van der Waals surface area contributed by atoms with Crippen molar-refractivity contribution < 1.29 is 23.7 Å². The monoisotopic (exact) mass is 502 g/mol. The molecule has 0 heterocycles. The molecular formula is C30H31O5P. The van der Waals surface area contributed by atoms with E-state index in [1.807, 2.05) is 38.1 Å². The van der Waals surface area contributed by atoms with Crippen LogP contribution in [0.1, 0.15) is 61.0 Å². The van der Waals surface area contributed by atoms with Gasteiger partial charge >= 0.3 is 5.97 Å². The highest BCUT2D eigenvalue weighted by Crippen LogP contribution is 2.53. The second-order valence-electron chi connectivity index (χ2n) is 9.43. The molecule has 0 bridgehead atoms. The second-order valence-corrected chi connectivity index (χ2v) is 12.0. The summed E-state index contributed by atoms with van der Waals surface area (Å²) < 4.78 is 20.2. The Balaban J connectivity index is 2.31. The third kappa shape index (κ3) is 5.03. The number of carbonyl (C=O) groups excluding carboxylic acids is 3. The zero-order chi connectivity index (χ0) is 26.9. The first-order valence-electron chi connectivity index (χ1n) is 11.6. The Bertz CT molecular complexity index is 1360. The van der Waals surface area contributed by atoms with Gasteiger partial charge in [0.05, 0.1) is 0 Å². The van der Waals surface area contributed by atoms with Crippen LogP contribution < -0.4 is 10.0 Å². The summed E-state index contributed by atoms with van der Waals surface area (Å²) in [4.78, 5) is 40.4. The molecule has 0 aliphatic heterocycles. The predicted molar refractivity (Wildman–Crippen MR) is 144 cm³/mol. The number of rotatable bonds is 7. The summed E-state index contributed by atoms with van der Waals surface area (Å²) in [6.07, 6.45) is 0. The summed E-state index contributed by atoms with van der Waals surface area (Å²) in [5.41, 5.74) is 3.76. The molecule has 0 atom stereocenters. The van der Waals surface area contributed by atoms with Crippen molar-refractivity contribution in [3.63, 3.8) is 0 Å². The van der Waals surface area contributed by atoms with E-state index in [9.17, 15) is 18.9 Å². The van der Waals surface area contributed by atoms with Gasteiger partial charge in [-0.15, -0.1) is 0 Å². The van der Waals surface area contributed by atoms with Gasteiger partial charge in [-0.05, 0) is 82.9 Å². The summed E-state index contributed by atoms with van der Waals surface area (Å²) in [7, 11) is -4.42. The third-order valence-corrected chi connectivity index (χ3v) is 8.69. The molecule has 0 aliphatic carbocycles. The predicted octanol–water partition coefficient (Wildman–Crippen LogP) is 6.69. The lowest BCUT2D eigenvalue weighted by Gasteiger charge is -2.21. The van der Waals surface area contributed by atoms with Crippen molar-refractivity contribution in [1.82, 2.24) is 0 Å². The number of ether oxygens (including phenoxy) is 1. The van der Waals surface area contributed by atoms with Crippen LogP contribution >= 0.6 is 7.14 Å². The van der Waals surface area contributed by atoms with E-state index in [1.165, 1.54) is 31.2 Å². The van der Waals surface area contributed by atoms with Crippen molar-refractivity contribution in [2.24, 2.45) is 0 Å². The Kier molecular flexibility index (Phi) is 7.66. The van der Waals surface area contributed by atoms with E-state index in [0.29, 0.717) is 22.3 Å². The van der Waals surface area contributed by atoms with Crippen molar-refractivity contribution in [1.29, 1.82) is 0 Å². The molecule has 3 rings (SSSR count). The highest BCUT2D eigenvalue weighted by atomic mass is 31.2. The Morgan fingerprint density at radius 3 is 1.53 bits per heavy atom. The first-order valence-corrected chi connectivity index (χ1v) is 13.3. The van der Waals surface area contributed by atoms with Crippen molar-refractivity contribution in [2.45, 2.75) is 48.5 Å². The molecule has 0 unspecified atom stereocenters. The van der Waals surface area contributed by atoms with E-state index < -0.39 is 24.2 Å². The first-order chi connectivity index (χ1) is 16.8. The molecule has 5 nitrogen and oxygen atoms in total. The minimum Gasteiger partial charge on any atom is -0.423 e. The number of benzene rings is 3. The summed E-state index contributed by atoms with van der Waals surface area (Å²) in [6.45, 7) is 16.0. The summed E-state index contributed by atoms with van der Waals surface area (Å²) in [5.74, 6) is -0.578. The standard InChI is InChI=1S/C30H31O5P/c1-17(2)28(31)35-24-10-9-11-25(16-24)36(34,29(32)26-20(5)12-18(3)13-21(26)6)30(33)27-22(7)14-19(4)15-23(27)8/h9-16H,1H2,2-8H3. The van der Waals surface area contributed by atoms with Gasteiger partial charge in [-0.3, -0.25) is 9.59 Å². The molecule has 3 aromatic carbocycles. The number of carbonyl (C=O) groups is 3. The first kappa shape index (κ1) is 27.0. The molecule has 0 radical (unpaired) electrons. The van der Waals surface area contributed by atoms with Gasteiger partial charge in [0.1, 0.15) is 5.75 Å². The van der Waals surface area contributed by atoms with E-state index in [4.69, 9.17) is 4.74 Å². The van der Waals surface area contributed by atoms with Gasteiger partial charge in [-0.1, -0.05) is 54.1 Å². The van der Waals surface area contributed by atoms with E-state index in [1.54, 1.807) is 27.7 Å². The summed E-state index contributed by atoms with van der Waals surface area (Å²) in [5, 5.41) is 0.0169. The lowest BCUT2D eigenvalue weighted by Crippen LogP contribution is -2.23. The molecule has 36 heavy (non-hydrogen) atoms. The van der Waals surface area contributed by atoms with Crippen LogP contribution in [0.2, 0.25) is 0 Å². The van der Waals surface area contributed by atoms with E-state index in [2.05, 4.69) is 6.58 Å². The average Bonchev–Trinajstić information content (AvgIpc) is 2.77. The molecule has 0 spiro atoms. The van der Waals surface area contributed by atoms with Crippen molar-refractivity contribution in [3.8, 4) is 5.75 Å². The Morgan fingerprint density at radius 2 is 1.14 bits per heavy atom. The fourth-order valence-corrected chi connectivity index (χ4v) is 7.21. The lowest BCUT2D eigenvalue weighted by atomic mass is 10.0. The van der Waals surface area contributed by atoms with E-state index in [0.717, 1.165) is 11.1 Å². The average molecular weight is 503 g/mol. The number of aryl methyl sites for hydroxylation is 6. The second kappa shape index (κ2) is 10.2. The fraction of sp³-hybridized carbons (Fsp3) is 0.233. The Hall–Kier alpha value is -3.56. The molecular weight excluding hydrogens is 471 g/mol. The topological polar surface area (TPSA) is 77.5 Å². The van der Waals surface area contributed by atoms with Crippen molar-refractivity contribution >= 4 is 29.5 Å². The maximum atomic E-state index is 14.9. The smallest absolute Gasteiger partial charge is 0.338 e. The summed E-state index contributed by atoms with van der Waals surface area (Å²) in [6, 6.07) is 13.2. The number of esters is 1.